The lowest BCUT2D eigenvalue weighted by Crippen LogP contribution is -2.99. The first kappa shape index (κ1) is 20.0. The zero-order chi connectivity index (χ0) is 21.9. The fourth-order valence-electron chi connectivity index (χ4n) is 5.64. The summed E-state index contributed by atoms with van der Waals surface area (Å²) in [5.74, 6) is -2.05. The van der Waals surface area contributed by atoms with Crippen LogP contribution in [-0.4, -0.2) is 30.3 Å². The van der Waals surface area contributed by atoms with Crippen LogP contribution in [0.25, 0.3) is 0 Å². The molecule has 3 heterocycles. The Morgan fingerprint density at radius 3 is 2.48 bits per heavy atom. The highest BCUT2D eigenvalue weighted by Crippen LogP contribution is 2.51. The smallest absolute Gasteiger partial charge is 0.294 e. The van der Waals surface area contributed by atoms with Crippen molar-refractivity contribution in [3.05, 3.63) is 71.8 Å². The van der Waals surface area contributed by atoms with Crippen LogP contribution in [0.4, 0.5) is 11.4 Å². The van der Waals surface area contributed by atoms with Gasteiger partial charge in [-0.05, 0) is 36.8 Å². The number of carbonyl (C=O) groups excluding carboxylic acids is 3. The molecule has 3 aliphatic heterocycles. The molecular weight excluding hydrogens is 414 g/mol. The second kappa shape index (κ2) is 7.04. The van der Waals surface area contributed by atoms with Gasteiger partial charge in [0.15, 0.2) is 0 Å². The number of quaternary nitrogens is 1. The number of anilines is 2. The van der Waals surface area contributed by atoms with Gasteiger partial charge in [0.25, 0.3) is 5.91 Å². The van der Waals surface area contributed by atoms with Gasteiger partial charge in [-0.3, -0.25) is 14.4 Å². The van der Waals surface area contributed by atoms with E-state index in [1.165, 1.54) is 4.90 Å². The minimum absolute atomic E-state index is 0.154. The summed E-state index contributed by atoms with van der Waals surface area (Å²) < 4.78 is 0. The number of imide groups is 1. The molecule has 5 rings (SSSR count). The Labute approximate surface area is 185 Å². The van der Waals surface area contributed by atoms with E-state index in [9.17, 15) is 14.4 Å². The van der Waals surface area contributed by atoms with E-state index in [0.717, 1.165) is 11.3 Å². The number of hydrogen-bond acceptors (Lipinski definition) is 3. The molecule has 0 aromatic heterocycles. The second-order valence-electron chi connectivity index (χ2n) is 8.32. The molecule has 6 nitrogen and oxygen atoms in total. The monoisotopic (exact) mass is 436 g/mol. The maximum atomic E-state index is 13.9. The molecule has 7 heteroatoms. The molecule has 2 saturated heterocycles. The molecule has 2 fully saturated rings. The molecule has 2 aromatic rings. The maximum absolute atomic E-state index is 13.9. The highest BCUT2D eigenvalue weighted by molar-refractivity contribution is 6.31. The van der Waals surface area contributed by atoms with Crippen molar-refractivity contribution in [3.8, 4) is 0 Å². The van der Waals surface area contributed by atoms with Crippen LogP contribution >= 0.6 is 11.6 Å². The van der Waals surface area contributed by atoms with E-state index < -0.39 is 17.4 Å². The van der Waals surface area contributed by atoms with Crippen molar-refractivity contribution in [1.82, 2.24) is 0 Å². The van der Waals surface area contributed by atoms with Crippen LogP contribution in [0.2, 0.25) is 5.02 Å². The quantitative estimate of drug-likeness (QED) is 0.590. The third-order valence-corrected chi connectivity index (χ3v) is 7.14. The van der Waals surface area contributed by atoms with E-state index in [1.54, 1.807) is 35.2 Å². The number of fused-ring (bicyclic) bond motifs is 4. The number of carbonyl (C=O) groups is 3. The summed E-state index contributed by atoms with van der Waals surface area (Å²) in [4.78, 5) is 44.1. The molecule has 0 aliphatic carbocycles. The molecule has 1 spiro atoms. The van der Waals surface area contributed by atoms with Crippen LogP contribution in [0.5, 0.6) is 0 Å². The van der Waals surface area contributed by atoms with Crippen molar-refractivity contribution in [2.45, 2.75) is 24.9 Å². The fraction of sp³-hybridized carbons (Fsp3) is 0.292. The highest BCUT2D eigenvalue weighted by atomic mass is 35.5. The number of amides is 3. The predicted molar refractivity (Wildman–Crippen MR) is 118 cm³/mol. The minimum Gasteiger partial charge on any atom is -0.326 e. The fourth-order valence-corrected chi connectivity index (χ4v) is 5.77. The Kier molecular flexibility index (Phi) is 4.53. The van der Waals surface area contributed by atoms with Crippen molar-refractivity contribution >= 4 is 40.7 Å². The van der Waals surface area contributed by atoms with E-state index >= 15 is 0 Å². The number of hydrogen-bond donors (Lipinski definition) is 1. The Bertz CT molecular complexity index is 1120. The Morgan fingerprint density at radius 1 is 1.10 bits per heavy atom. The van der Waals surface area contributed by atoms with Crippen molar-refractivity contribution in [3.63, 3.8) is 0 Å². The average Bonchev–Trinajstić information content (AvgIpc) is 3.34. The van der Waals surface area contributed by atoms with Gasteiger partial charge in [-0.1, -0.05) is 42.8 Å². The van der Waals surface area contributed by atoms with Crippen molar-refractivity contribution in [2.75, 3.05) is 16.3 Å². The van der Waals surface area contributed by atoms with Gasteiger partial charge in [0.2, 0.25) is 17.4 Å². The lowest BCUT2D eigenvalue weighted by molar-refractivity contribution is -0.733. The second-order valence-corrected chi connectivity index (χ2v) is 8.76. The van der Waals surface area contributed by atoms with Crippen LogP contribution in [0, 0.1) is 11.8 Å². The van der Waals surface area contributed by atoms with Crippen LogP contribution in [0.15, 0.2) is 61.2 Å². The Hall–Kier alpha value is -2.96. The molecule has 4 atom stereocenters. The van der Waals surface area contributed by atoms with Crippen LogP contribution in [0.1, 0.15) is 18.9 Å². The predicted octanol–water partition coefficient (Wildman–Crippen LogP) is 2.23. The molecule has 3 amide bonds. The van der Waals surface area contributed by atoms with Gasteiger partial charge in [-0.15, -0.1) is 6.58 Å². The van der Waals surface area contributed by atoms with E-state index in [0.29, 0.717) is 23.7 Å². The molecule has 2 aromatic carbocycles. The topological polar surface area (TPSA) is 74.3 Å². The lowest BCUT2D eigenvalue weighted by Gasteiger charge is -2.27. The number of nitrogens with zero attached hydrogens (tertiary/aromatic N) is 2. The van der Waals surface area contributed by atoms with E-state index in [1.807, 2.05) is 36.5 Å². The third kappa shape index (κ3) is 2.52. The molecule has 0 saturated carbocycles. The first-order chi connectivity index (χ1) is 15.0. The Balaban J connectivity index is 1.68. The van der Waals surface area contributed by atoms with Gasteiger partial charge >= 0.3 is 0 Å². The summed E-state index contributed by atoms with van der Waals surface area (Å²) in [6, 6.07) is 14.1. The van der Waals surface area contributed by atoms with E-state index in [4.69, 9.17) is 11.6 Å². The highest BCUT2D eigenvalue weighted by Gasteiger charge is 2.75. The molecule has 0 unspecified atom stereocenters. The third-order valence-electron chi connectivity index (χ3n) is 6.89. The number of halogens is 1. The van der Waals surface area contributed by atoms with Crippen LogP contribution in [-0.2, 0) is 19.9 Å². The van der Waals surface area contributed by atoms with E-state index in [-0.39, 0.29) is 23.8 Å². The van der Waals surface area contributed by atoms with Crippen LogP contribution in [0.3, 0.4) is 0 Å². The van der Waals surface area contributed by atoms with Gasteiger partial charge in [0.05, 0.1) is 17.4 Å². The van der Waals surface area contributed by atoms with Gasteiger partial charge in [0.1, 0.15) is 11.8 Å². The summed E-state index contributed by atoms with van der Waals surface area (Å²) in [5.41, 5.74) is 0.926. The molecule has 3 aliphatic rings. The van der Waals surface area contributed by atoms with Crippen molar-refractivity contribution in [1.29, 1.82) is 0 Å². The van der Waals surface area contributed by atoms with Crippen molar-refractivity contribution < 1.29 is 19.7 Å². The number of para-hydroxylation sites is 1. The molecular formula is C24H23ClN3O3+. The average molecular weight is 437 g/mol. The van der Waals surface area contributed by atoms with Crippen molar-refractivity contribution in [2.24, 2.45) is 11.8 Å². The maximum Gasteiger partial charge on any atom is 0.294 e. The molecule has 2 N–H and O–H groups in total. The molecule has 31 heavy (non-hydrogen) atoms. The first-order valence-electron chi connectivity index (χ1n) is 10.5. The number of rotatable bonds is 4. The summed E-state index contributed by atoms with van der Waals surface area (Å²) in [6.07, 6.45) is 2.35. The van der Waals surface area contributed by atoms with E-state index in [2.05, 4.69) is 6.58 Å². The molecule has 0 radical (unpaired) electrons. The number of benzene rings is 2. The normalized spacial score (nSPS) is 29.1. The largest absolute Gasteiger partial charge is 0.326 e. The van der Waals surface area contributed by atoms with Gasteiger partial charge in [0, 0.05) is 17.1 Å². The zero-order valence-electron chi connectivity index (χ0n) is 17.1. The Morgan fingerprint density at radius 2 is 1.81 bits per heavy atom. The SMILES string of the molecule is C=CCN1C(=O)[C@]2([NH2+][C@H](CC)[C@H]3C(=O)N(c4ccc(Cl)cc4)C(=O)[C@H]32)c2ccccc21. The summed E-state index contributed by atoms with van der Waals surface area (Å²) >= 11 is 6.00. The number of nitrogens with two attached hydrogens (primary N) is 1. The standard InChI is InChI=1S/C24H22ClN3O3/c1-3-13-27-18-8-6-5-7-16(18)24(23(27)31)20-19(17(4-2)26-24)21(29)28(22(20)30)15-11-9-14(25)10-12-15/h3,5-12,17,19-20,26H,1,4,13H2,2H3/p+1/t17-,19-,20+,24+/m1/s1. The minimum atomic E-state index is -1.14. The van der Waals surface area contributed by atoms with Gasteiger partial charge < -0.3 is 10.2 Å². The summed E-state index contributed by atoms with van der Waals surface area (Å²) in [7, 11) is 0. The first-order valence-corrected chi connectivity index (χ1v) is 10.8. The van der Waals surface area contributed by atoms with Gasteiger partial charge in [-0.2, -0.15) is 0 Å². The molecule has 0 bridgehead atoms. The van der Waals surface area contributed by atoms with Crippen LogP contribution < -0.4 is 15.1 Å². The zero-order valence-corrected chi connectivity index (χ0v) is 17.9. The lowest BCUT2D eigenvalue weighted by atomic mass is 9.76. The summed E-state index contributed by atoms with van der Waals surface area (Å²) in [5, 5.41) is 2.50. The molecule has 158 valence electrons. The van der Waals surface area contributed by atoms with Gasteiger partial charge in [-0.25, -0.2) is 4.90 Å². The summed E-state index contributed by atoms with van der Waals surface area (Å²) in [6.45, 7) is 6.13.